The summed E-state index contributed by atoms with van der Waals surface area (Å²) in [5, 5.41) is 3.35. The van der Waals surface area contributed by atoms with E-state index in [2.05, 4.69) is 31.0 Å². The van der Waals surface area contributed by atoms with E-state index in [0.717, 1.165) is 25.2 Å². The standard InChI is InChI=1S/C16H22N2O.ClH/c1-3-14(15-7-5-4-6-8-15)11-16(19)18-10-9-17-13(2)12-18;/h3-8,13-14,17H,1,9-12H2,2H3;1H/t13-,14?;/m1./s1. The van der Waals surface area contributed by atoms with Gasteiger partial charge in [0.2, 0.25) is 5.91 Å². The second kappa shape index (κ2) is 8.08. The smallest absolute Gasteiger partial charge is 0.223 e. The Morgan fingerprint density at radius 2 is 2.20 bits per heavy atom. The van der Waals surface area contributed by atoms with Gasteiger partial charge in [0, 0.05) is 38.0 Å². The van der Waals surface area contributed by atoms with Crippen LogP contribution < -0.4 is 5.32 Å². The molecular formula is C16H23ClN2O. The van der Waals surface area contributed by atoms with E-state index in [4.69, 9.17) is 0 Å². The normalized spacial score (nSPS) is 19.9. The fraction of sp³-hybridized carbons (Fsp3) is 0.438. The minimum atomic E-state index is 0. The van der Waals surface area contributed by atoms with Gasteiger partial charge in [0.15, 0.2) is 0 Å². The fourth-order valence-corrected chi connectivity index (χ4v) is 2.51. The van der Waals surface area contributed by atoms with E-state index in [1.54, 1.807) is 0 Å². The molecule has 0 aromatic heterocycles. The molecule has 1 unspecified atom stereocenters. The first-order valence-corrected chi connectivity index (χ1v) is 6.89. The molecule has 0 aliphatic carbocycles. The lowest BCUT2D eigenvalue weighted by molar-refractivity contribution is -0.132. The first-order chi connectivity index (χ1) is 9.20. The van der Waals surface area contributed by atoms with Gasteiger partial charge in [-0.2, -0.15) is 0 Å². The lowest BCUT2D eigenvalue weighted by Crippen LogP contribution is -2.51. The third-order valence-corrected chi connectivity index (χ3v) is 3.63. The summed E-state index contributed by atoms with van der Waals surface area (Å²) < 4.78 is 0. The molecule has 2 atom stereocenters. The van der Waals surface area contributed by atoms with Crippen molar-refractivity contribution in [1.82, 2.24) is 10.2 Å². The van der Waals surface area contributed by atoms with E-state index in [0.29, 0.717) is 12.5 Å². The van der Waals surface area contributed by atoms with Crippen molar-refractivity contribution >= 4 is 18.3 Å². The number of rotatable bonds is 4. The molecule has 2 rings (SSSR count). The molecule has 1 aliphatic heterocycles. The first kappa shape index (κ1) is 16.7. The minimum Gasteiger partial charge on any atom is -0.340 e. The molecule has 1 heterocycles. The second-order valence-corrected chi connectivity index (χ2v) is 5.15. The number of amides is 1. The highest BCUT2D eigenvalue weighted by Crippen LogP contribution is 2.21. The Morgan fingerprint density at radius 3 is 2.80 bits per heavy atom. The Hall–Kier alpha value is -1.32. The predicted molar refractivity (Wildman–Crippen MR) is 85.3 cm³/mol. The fourth-order valence-electron chi connectivity index (χ4n) is 2.51. The number of piperazine rings is 1. The molecule has 0 spiro atoms. The zero-order chi connectivity index (χ0) is 13.7. The molecular weight excluding hydrogens is 272 g/mol. The molecule has 1 aromatic carbocycles. The average Bonchev–Trinajstić information content (AvgIpc) is 2.45. The maximum Gasteiger partial charge on any atom is 0.223 e. The number of halogens is 1. The first-order valence-electron chi connectivity index (χ1n) is 6.89. The van der Waals surface area contributed by atoms with Crippen molar-refractivity contribution in [2.24, 2.45) is 0 Å². The maximum atomic E-state index is 12.3. The van der Waals surface area contributed by atoms with Crippen molar-refractivity contribution in [2.45, 2.75) is 25.3 Å². The summed E-state index contributed by atoms with van der Waals surface area (Å²) in [7, 11) is 0. The van der Waals surface area contributed by atoms with Gasteiger partial charge in [0.25, 0.3) is 0 Å². The number of carbonyl (C=O) groups is 1. The van der Waals surface area contributed by atoms with E-state index in [1.807, 2.05) is 29.2 Å². The van der Waals surface area contributed by atoms with Crippen molar-refractivity contribution in [3.8, 4) is 0 Å². The number of hydrogen-bond acceptors (Lipinski definition) is 2. The summed E-state index contributed by atoms with van der Waals surface area (Å²) in [6.07, 6.45) is 2.39. The van der Waals surface area contributed by atoms with Gasteiger partial charge in [-0.1, -0.05) is 36.4 Å². The SMILES string of the molecule is C=CC(CC(=O)N1CCN[C@H](C)C1)c1ccccc1.Cl. The van der Waals surface area contributed by atoms with Crippen LogP contribution in [0.1, 0.15) is 24.8 Å². The molecule has 1 N–H and O–H groups in total. The Kier molecular flexibility index (Phi) is 6.76. The van der Waals surface area contributed by atoms with Crippen LogP contribution >= 0.6 is 12.4 Å². The highest BCUT2D eigenvalue weighted by Gasteiger charge is 2.22. The van der Waals surface area contributed by atoms with Crippen LogP contribution in [0.3, 0.4) is 0 Å². The van der Waals surface area contributed by atoms with E-state index >= 15 is 0 Å². The van der Waals surface area contributed by atoms with Crippen LogP contribution in [0.25, 0.3) is 0 Å². The number of nitrogens with one attached hydrogen (secondary N) is 1. The monoisotopic (exact) mass is 294 g/mol. The van der Waals surface area contributed by atoms with Gasteiger partial charge in [-0.25, -0.2) is 0 Å². The van der Waals surface area contributed by atoms with Crippen LogP contribution in [0.4, 0.5) is 0 Å². The van der Waals surface area contributed by atoms with Crippen LogP contribution in [0.15, 0.2) is 43.0 Å². The highest BCUT2D eigenvalue weighted by atomic mass is 35.5. The molecule has 1 aliphatic rings. The third kappa shape index (κ3) is 4.36. The Morgan fingerprint density at radius 1 is 1.50 bits per heavy atom. The second-order valence-electron chi connectivity index (χ2n) is 5.15. The number of nitrogens with zero attached hydrogens (tertiary/aromatic N) is 1. The summed E-state index contributed by atoms with van der Waals surface area (Å²) in [6, 6.07) is 10.5. The van der Waals surface area contributed by atoms with Crippen molar-refractivity contribution in [2.75, 3.05) is 19.6 Å². The lowest BCUT2D eigenvalue weighted by Gasteiger charge is -2.32. The molecule has 1 saturated heterocycles. The molecule has 20 heavy (non-hydrogen) atoms. The van der Waals surface area contributed by atoms with Crippen molar-refractivity contribution in [3.05, 3.63) is 48.6 Å². The summed E-state index contributed by atoms with van der Waals surface area (Å²) in [5.41, 5.74) is 1.16. The van der Waals surface area contributed by atoms with E-state index in [-0.39, 0.29) is 24.2 Å². The van der Waals surface area contributed by atoms with Gasteiger partial charge in [0.05, 0.1) is 0 Å². The molecule has 3 nitrogen and oxygen atoms in total. The Labute approximate surface area is 127 Å². The lowest BCUT2D eigenvalue weighted by atomic mass is 9.95. The molecule has 4 heteroatoms. The van der Waals surface area contributed by atoms with E-state index in [1.165, 1.54) is 0 Å². The molecule has 0 radical (unpaired) electrons. The maximum absolute atomic E-state index is 12.3. The summed E-state index contributed by atoms with van der Waals surface area (Å²) in [5.74, 6) is 0.334. The van der Waals surface area contributed by atoms with Crippen LogP contribution in [0.2, 0.25) is 0 Å². The van der Waals surface area contributed by atoms with Crippen LogP contribution in [-0.2, 0) is 4.79 Å². The highest BCUT2D eigenvalue weighted by molar-refractivity contribution is 5.85. The molecule has 1 fully saturated rings. The third-order valence-electron chi connectivity index (χ3n) is 3.63. The van der Waals surface area contributed by atoms with Gasteiger partial charge < -0.3 is 10.2 Å². The van der Waals surface area contributed by atoms with Crippen LogP contribution in [0, 0.1) is 0 Å². The van der Waals surface area contributed by atoms with Crippen LogP contribution in [-0.4, -0.2) is 36.5 Å². The van der Waals surface area contributed by atoms with Crippen molar-refractivity contribution in [1.29, 1.82) is 0 Å². The van der Waals surface area contributed by atoms with Crippen LogP contribution in [0.5, 0.6) is 0 Å². The summed E-state index contributed by atoms with van der Waals surface area (Å²) in [4.78, 5) is 14.3. The van der Waals surface area contributed by atoms with Crippen molar-refractivity contribution < 1.29 is 4.79 Å². The Bertz CT molecular complexity index is 435. The molecule has 0 bridgehead atoms. The molecule has 110 valence electrons. The molecule has 0 saturated carbocycles. The topological polar surface area (TPSA) is 32.3 Å². The van der Waals surface area contributed by atoms with Gasteiger partial charge in [-0.3, -0.25) is 4.79 Å². The van der Waals surface area contributed by atoms with Gasteiger partial charge >= 0.3 is 0 Å². The van der Waals surface area contributed by atoms with Crippen molar-refractivity contribution in [3.63, 3.8) is 0 Å². The molecule has 1 amide bonds. The van der Waals surface area contributed by atoms with Gasteiger partial charge in [-0.15, -0.1) is 19.0 Å². The number of benzene rings is 1. The quantitative estimate of drug-likeness (QED) is 0.866. The zero-order valence-electron chi connectivity index (χ0n) is 11.9. The average molecular weight is 295 g/mol. The summed E-state index contributed by atoms with van der Waals surface area (Å²) in [6.45, 7) is 8.48. The largest absolute Gasteiger partial charge is 0.340 e. The molecule has 1 aromatic rings. The number of hydrogen-bond donors (Lipinski definition) is 1. The zero-order valence-corrected chi connectivity index (χ0v) is 12.7. The Balaban J connectivity index is 0.00000200. The predicted octanol–water partition coefficient (Wildman–Crippen LogP) is 2.59. The van der Waals surface area contributed by atoms with E-state index < -0.39 is 0 Å². The summed E-state index contributed by atoms with van der Waals surface area (Å²) >= 11 is 0. The van der Waals surface area contributed by atoms with E-state index in [9.17, 15) is 4.79 Å². The number of allylic oxidation sites excluding steroid dienone is 1. The number of carbonyl (C=O) groups excluding carboxylic acids is 1. The minimum absolute atomic E-state index is 0. The van der Waals surface area contributed by atoms with Gasteiger partial charge in [-0.05, 0) is 12.5 Å². The van der Waals surface area contributed by atoms with Gasteiger partial charge in [0.1, 0.15) is 0 Å².